The standard InChI is InChI=1S/C15H21BrF2N2/c1-3-15(2)10-20(8-4-7-19-15)9-11-13(17)6-5-12(16)14(11)18/h5-6,19H,3-4,7-10H2,1-2H3. The average Bonchev–Trinajstić information content (AvgIpc) is 2.62. The van der Waals surface area contributed by atoms with Crippen molar-refractivity contribution in [2.45, 2.75) is 38.8 Å². The zero-order valence-electron chi connectivity index (χ0n) is 12.0. The molecule has 1 aliphatic heterocycles. The van der Waals surface area contributed by atoms with Gasteiger partial charge in [0.25, 0.3) is 0 Å². The fourth-order valence-electron chi connectivity index (χ4n) is 2.63. The maximum atomic E-state index is 14.1. The lowest BCUT2D eigenvalue weighted by molar-refractivity contribution is 0.204. The predicted molar refractivity (Wildman–Crippen MR) is 80.7 cm³/mol. The van der Waals surface area contributed by atoms with Crippen LogP contribution in [0.5, 0.6) is 0 Å². The topological polar surface area (TPSA) is 15.3 Å². The van der Waals surface area contributed by atoms with Gasteiger partial charge >= 0.3 is 0 Å². The SMILES string of the molecule is CCC1(C)CN(Cc2c(F)ccc(Br)c2F)CCCN1. The van der Waals surface area contributed by atoms with Crippen LogP contribution in [0.15, 0.2) is 16.6 Å². The molecular formula is C15H21BrF2N2. The van der Waals surface area contributed by atoms with Crippen LogP contribution in [0.4, 0.5) is 8.78 Å². The van der Waals surface area contributed by atoms with Gasteiger partial charge in [0, 0.05) is 24.2 Å². The molecule has 1 aromatic carbocycles. The molecule has 112 valence electrons. The summed E-state index contributed by atoms with van der Waals surface area (Å²) in [6, 6.07) is 2.73. The molecule has 0 spiro atoms. The summed E-state index contributed by atoms with van der Waals surface area (Å²) in [5.74, 6) is -0.957. The molecule has 0 aromatic heterocycles. The van der Waals surface area contributed by atoms with Crippen molar-refractivity contribution in [2.24, 2.45) is 0 Å². The van der Waals surface area contributed by atoms with E-state index < -0.39 is 11.6 Å². The fraction of sp³-hybridized carbons (Fsp3) is 0.600. The highest BCUT2D eigenvalue weighted by molar-refractivity contribution is 9.10. The first-order chi connectivity index (χ1) is 9.45. The first-order valence-electron chi connectivity index (χ1n) is 7.05. The van der Waals surface area contributed by atoms with Crippen molar-refractivity contribution in [3.05, 3.63) is 33.8 Å². The van der Waals surface area contributed by atoms with E-state index in [4.69, 9.17) is 0 Å². The highest BCUT2D eigenvalue weighted by Gasteiger charge is 2.28. The maximum absolute atomic E-state index is 14.1. The van der Waals surface area contributed by atoms with Gasteiger partial charge in [0.1, 0.15) is 11.6 Å². The van der Waals surface area contributed by atoms with Crippen molar-refractivity contribution >= 4 is 15.9 Å². The van der Waals surface area contributed by atoms with Crippen molar-refractivity contribution in [3.63, 3.8) is 0 Å². The third-order valence-electron chi connectivity index (χ3n) is 4.08. The van der Waals surface area contributed by atoms with Crippen molar-refractivity contribution in [3.8, 4) is 0 Å². The highest BCUT2D eigenvalue weighted by Crippen LogP contribution is 2.24. The summed E-state index contributed by atoms with van der Waals surface area (Å²) in [6.45, 7) is 7.22. The van der Waals surface area contributed by atoms with Gasteiger partial charge in [-0.1, -0.05) is 6.92 Å². The Morgan fingerprint density at radius 3 is 2.85 bits per heavy atom. The minimum atomic E-state index is -0.486. The first kappa shape index (κ1) is 15.9. The Morgan fingerprint density at radius 1 is 1.40 bits per heavy atom. The third kappa shape index (κ3) is 3.57. The number of nitrogens with one attached hydrogen (secondary N) is 1. The molecule has 1 fully saturated rings. The Labute approximate surface area is 127 Å². The zero-order chi connectivity index (χ0) is 14.8. The Balaban J connectivity index is 2.18. The minimum Gasteiger partial charge on any atom is -0.310 e. The van der Waals surface area contributed by atoms with Gasteiger partial charge in [-0.25, -0.2) is 8.78 Å². The Hall–Kier alpha value is -0.520. The largest absolute Gasteiger partial charge is 0.310 e. The molecule has 2 rings (SSSR count). The van der Waals surface area contributed by atoms with E-state index in [0.717, 1.165) is 32.5 Å². The monoisotopic (exact) mass is 346 g/mol. The lowest BCUT2D eigenvalue weighted by atomic mass is 9.98. The maximum Gasteiger partial charge on any atom is 0.144 e. The average molecular weight is 347 g/mol. The van der Waals surface area contributed by atoms with E-state index >= 15 is 0 Å². The van der Waals surface area contributed by atoms with E-state index in [-0.39, 0.29) is 11.1 Å². The second-order valence-electron chi connectivity index (χ2n) is 5.73. The van der Waals surface area contributed by atoms with E-state index in [1.54, 1.807) is 0 Å². The van der Waals surface area contributed by atoms with E-state index in [0.29, 0.717) is 11.0 Å². The molecular weight excluding hydrogens is 326 g/mol. The minimum absolute atomic E-state index is 0.00939. The summed E-state index contributed by atoms with van der Waals surface area (Å²) in [4.78, 5) is 2.14. The summed E-state index contributed by atoms with van der Waals surface area (Å²) in [5, 5.41) is 3.53. The number of benzene rings is 1. The zero-order valence-corrected chi connectivity index (χ0v) is 13.6. The quantitative estimate of drug-likeness (QED) is 0.839. The molecule has 1 N–H and O–H groups in total. The second kappa shape index (κ2) is 6.50. The van der Waals surface area contributed by atoms with Gasteiger partial charge in [-0.2, -0.15) is 0 Å². The molecule has 1 aliphatic rings. The summed E-state index contributed by atoms with van der Waals surface area (Å²) in [7, 11) is 0. The van der Waals surface area contributed by atoms with Crippen LogP contribution in [-0.4, -0.2) is 30.1 Å². The van der Waals surface area contributed by atoms with Crippen molar-refractivity contribution < 1.29 is 8.78 Å². The third-order valence-corrected chi connectivity index (χ3v) is 4.69. The predicted octanol–water partition coefficient (Wildman–Crippen LogP) is 3.69. The molecule has 0 radical (unpaired) electrons. The van der Waals surface area contributed by atoms with Crippen molar-refractivity contribution in [2.75, 3.05) is 19.6 Å². The number of nitrogens with zero attached hydrogens (tertiary/aromatic N) is 1. The molecule has 0 aliphatic carbocycles. The van der Waals surface area contributed by atoms with Crippen molar-refractivity contribution in [1.29, 1.82) is 0 Å². The first-order valence-corrected chi connectivity index (χ1v) is 7.84. The number of halogens is 3. The second-order valence-corrected chi connectivity index (χ2v) is 6.58. The van der Waals surface area contributed by atoms with Gasteiger partial charge in [-0.15, -0.1) is 0 Å². The highest BCUT2D eigenvalue weighted by atomic mass is 79.9. The van der Waals surface area contributed by atoms with Crippen molar-refractivity contribution in [1.82, 2.24) is 10.2 Å². The van der Waals surface area contributed by atoms with Crippen LogP contribution >= 0.6 is 15.9 Å². The molecule has 2 nitrogen and oxygen atoms in total. The van der Waals surface area contributed by atoms with Crippen LogP contribution in [0, 0.1) is 11.6 Å². The number of rotatable bonds is 3. The van der Waals surface area contributed by atoms with Crippen LogP contribution in [-0.2, 0) is 6.54 Å². The van der Waals surface area contributed by atoms with E-state index in [2.05, 4.69) is 40.0 Å². The summed E-state index contributed by atoms with van der Waals surface area (Å²) >= 11 is 3.12. The smallest absolute Gasteiger partial charge is 0.144 e. The van der Waals surface area contributed by atoms with Crippen LogP contribution in [0.2, 0.25) is 0 Å². The molecule has 1 aromatic rings. The summed E-state index contributed by atoms with van der Waals surface area (Å²) in [5.41, 5.74) is 0.162. The van der Waals surface area contributed by atoms with Gasteiger partial charge < -0.3 is 5.32 Å². The Morgan fingerprint density at radius 2 is 2.15 bits per heavy atom. The lowest BCUT2D eigenvalue weighted by Crippen LogP contribution is -2.48. The lowest BCUT2D eigenvalue weighted by Gasteiger charge is -2.32. The fourth-order valence-corrected chi connectivity index (χ4v) is 3.00. The molecule has 0 bridgehead atoms. The van der Waals surface area contributed by atoms with Gasteiger partial charge in [-0.05, 0) is 60.9 Å². The Bertz CT molecular complexity index is 481. The van der Waals surface area contributed by atoms with E-state index in [9.17, 15) is 8.78 Å². The molecule has 1 heterocycles. The normalized spacial score (nSPS) is 24.6. The Kier molecular flexibility index (Phi) is 5.15. The number of hydrogen-bond acceptors (Lipinski definition) is 2. The van der Waals surface area contributed by atoms with Crippen LogP contribution < -0.4 is 5.32 Å². The number of hydrogen-bond donors (Lipinski definition) is 1. The molecule has 1 saturated heterocycles. The van der Waals surface area contributed by atoms with E-state index in [1.165, 1.54) is 12.1 Å². The van der Waals surface area contributed by atoms with Gasteiger partial charge in [0.15, 0.2) is 0 Å². The molecule has 1 unspecified atom stereocenters. The van der Waals surface area contributed by atoms with Crippen LogP contribution in [0.25, 0.3) is 0 Å². The van der Waals surface area contributed by atoms with E-state index in [1.807, 2.05) is 0 Å². The molecule has 1 atom stereocenters. The summed E-state index contributed by atoms with van der Waals surface area (Å²) < 4.78 is 28.2. The van der Waals surface area contributed by atoms with Gasteiger partial charge in [0.05, 0.1) is 4.47 Å². The van der Waals surface area contributed by atoms with Crippen LogP contribution in [0.1, 0.15) is 32.3 Å². The van der Waals surface area contributed by atoms with Gasteiger partial charge in [0.2, 0.25) is 0 Å². The molecule has 0 saturated carbocycles. The molecule has 0 amide bonds. The summed E-state index contributed by atoms with van der Waals surface area (Å²) in [6.07, 6.45) is 1.99. The van der Waals surface area contributed by atoms with Gasteiger partial charge in [-0.3, -0.25) is 4.90 Å². The van der Waals surface area contributed by atoms with Crippen LogP contribution in [0.3, 0.4) is 0 Å². The molecule has 5 heteroatoms. The molecule has 20 heavy (non-hydrogen) atoms.